The molecule has 2 unspecified atom stereocenters. The minimum atomic E-state index is 0.0631. The molecule has 6 rings (SSSR count). The number of para-hydroxylation sites is 1. The van der Waals surface area contributed by atoms with Gasteiger partial charge in [0.2, 0.25) is 5.91 Å². The van der Waals surface area contributed by atoms with E-state index < -0.39 is 0 Å². The Morgan fingerprint density at radius 2 is 1.85 bits per heavy atom. The van der Waals surface area contributed by atoms with Gasteiger partial charge in [0.25, 0.3) is 0 Å². The zero-order valence-corrected chi connectivity index (χ0v) is 19.2. The van der Waals surface area contributed by atoms with E-state index in [0.29, 0.717) is 12.0 Å². The van der Waals surface area contributed by atoms with Gasteiger partial charge in [0.15, 0.2) is 0 Å². The van der Waals surface area contributed by atoms with E-state index in [9.17, 15) is 4.79 Å². The van der Waals surface area contributed by atoms with Crippen molar-refractivity contribution < 1.29 is 4.79 Å². The Kier molecular flexibility index (Phi) is 6.51. The Bertz CT molecular complexity index is 1050. The molecule has 3 saturated heterocycles. The van der Waals surface area contributed by atoms with Crippen molar-refractivity contribution in [2.75, 3.05) is 25.5 Å². The van der Waals surface area contributed by atoms with Crippen LogP contribution < -0.4 is 5.32 Å². The third kappa shape index (κ3) is 5.31. The van der Waals surface area contributed by atoms with Gasteiger partial charge in [-0.15, -0.1) is 5.10 Å². The van der Waals surface area contributed by atoms with Gasteiger partial charge in [0, 0.05) is 37.6 Å². The summed E-state index contributed by atoms with van der Waals surface area (Å²) in [5.74, 6) is 0.649. The number of fused-ring (bicyclic) bond motifs is 3. The van der Waals surface area contributed by atoms with Crippen molar-refractivity contribution in [3.05, 3.63) is 78.1 Å². The van der Waals surface area contributed by atoms with Crippen molar-refractivity contribution in [3.8, 4) is 0 Å². The number of nitrogens with one attached hydrogen (secondary N) is 1. The highest BCUT2D eigenvalue weighted by Gasteiger charge is 2.43. The van der Waals surface area contributed by atoms with Crippen LogP contribution in [0, 0.1) is 11.8 Å². The first kappa shape index (κ1) is 21.8. The van der Waals surface area contributed by atoms with Crippen LogP contribution in [0.5, 0.6) is 0 Å². The van der Waals surface area contributed by atoms with Crippen molar-refractivity contribution in [1.29, 1.82) is 0 Å². The van der Waals surface area contributed by atoms with E-state index in [1.165, 1.54) is 5.56 Å². The van der Waals surface area contributed by atoms with Gasteiger partial charge in [-0.3, -0.25) is 19.3 Å². The number of benzene rings is 2. The Balaban J connectivity index is 1.14. The number of carbonyl (C=O) groups is 1. The van der Waals surface area contributed by atoms with Crippen LogP contribution in [0.2, 0.25) is 0 Å². The van der Waals surface area contributed by atoms with Crippen LogP contribution in [0.3, 0.4) is 0 Å². The fourth-order valence-corrected chi connectivity index (χ4v) is 5.33. The smallest absolute Gasteiger partial charge is 0.229 e. The summed E-state index contributed by atoms with van der Waals surface area (Å²) in [6, 6.07) is 20.7. The summed E-state index contributed by atoms with van der Waals surface area (Å²) in [4.78, 5) is 17.6. The first-order valence-electron chi connectivity index (χ1n) is 11.9. The number of amides is 1. The predicted octanol–water partition coefficient (Wildman–Crippen LogP) is 3.26. The van der Waals surface area contributed by atoms with Crippen molar-refractivity contribution in [2.45, 2.75) is 38.5 Å². The average molecular weight is 445 g/mol. The summed E-state index contributed by atoms with van der Waals surface area (Å²) in [7, 11) is 2.11. The highest BCUT2D eigenvalue weighted by molar-refractivity contribution is 5.93. The zero-order valence-electron chi connectivity index (χ0n) is 19.2. The highest BCUT2D eigenvalue weighted by atomic mass is 16.2. The number of hydrogen-bond acceptors (Lipinski definition) is 5. The molecule has 4 atom stereocenters. The van der Waals surface area contributed by atoms with E-state index in [4.69, 9.17) is 0 Å². The molecule has 1 aromatic heterocycles. The molecule has 0 aliphatic carbocycles. The van der Waals surface area contributed by atoms with Crippen LogP contribution in [-0.2, 0) is 24.4 Å². The Morgan fingerprint density at radius 3 is 2.58 bits per heavy atom. The number of carbonyl (C=O) groups excluding carboxylic acids is 1. The van der Waals surface area contributed by atoms with Crippen LogP contribution >= 0.6 is 0 Å². The summed E-state index contributed by atoms with van der Waals surface area (Å²) < 4.78 is 1.98. The van der Waals surface area contributed by atoms with Gasteiger partial charge >= 0.3 is 0 Å². The topological polar surface area (TPSA) is 66.3 Å². The van der Waals surface area contributed by atoms with E-state index in [-0.39, 0.29) is 11.8 Å². The summed E-state index contributed by atoms with van der Waals surface area (Å²) in [6.45, 7) is 4.38. The van der Waals surface area contributed by atoms with E-state index in [1.807, 2.05) is 41.1 Å². The molecule has 1 N–H and O–H groups in total. The maximum absolute atomic E-state index is 12.9. The molecule has 3 aromatic rings. The van der Waals surface area contributed by atoms with Crippen molar-refractivity contribution >= 4 is 11.6 Å². The molecular weight excluding hydrogens is 412 g/mol. The standard InChI is InChI=1S/C26H32N6O/c1-30(15-20-8-4-2-5-9-20)16-23-17-32(29-28-23)18-24-14-21-12-13-31(24)19-25(21)26(33)27-22-10-6-3-7-11-22/h2-11,17,21,24-25H,12-16,18-19H2,1H3,(H,27,33)/t21?,24-,25+/m1/s1. The number of aromatic nitrogens is 3. The third-order valence-electron chi connectivity index (χ3n) is 6.97. The molecule has 1 amide bonds. The largest absolute Gasteiger partial charge is 0.326 e. The molecule has 2 aromatic carbocycles. The van der Waals surface area contributed by atoms with Crippen LogP contribution in [0.15, 0.2) is 66.9 Å². The SMILES string of the molecule is CN(Cc1ccccc1)Cc1cn(C[C@H]2CC3CCN2C[C@@H]3C(=O)Nc2ccccc2)nn1. The molecule has 3 aliphatic rings. The first-order valence-corrected chi connectivity index (χ1v) is 11.9. The molecule has 0 saturated carbocycles. The van der Waals surface area contributed by atoms with Crippen LogP contribution in [0.4, 0.5) is 5.69 Å². The lowest BCUT2D eigenvalue weighted by molar-refractivity contribution is -0.127. The fourth-order valence-electron chi connectivity index (χ4n) is 5.33. The Hall–Kier alpha value is -3.03. The summed E-state index contributed by atoms with van der Waals surface area (Å²) in [6.07, 6.45) is 4.21. The maximum atomic E-state index is 12.9. The van der Waals surface area contributed by atoms with Gasteiger partial charge in [-0.1, -0.05) is 53.7 Å². The molecule has 7 heteroatoms. The van der Waals surface area contributed by atoms with E-state index in [1.54, 1.807) is 0 Å². The van der Waals surface area contributed by atoms with Gasteiger partial charge in [0.05, 0.1) is 18.2 Å². The minimum Gasteiger partial charge on any atom is -0.326 e. The van der Waals surface area contributed by atoms with Gasteiger partial charge in [-0.2, -0.15) is 0 Å². The Labute approximate surface area is 195 Å². The third-order valence-corrected chi connectivity index (χ3v) is 6.97. The molecule has 4 heterocycles. The fraction of sp³-hybridized carbons (Fsp3) is 0.423. The van der Waals surface area contributed by atoms with Gasteiger partial charge in [-0.05, 0) is 50.0 Å². The molecule has 3 fully saturated rings. The quantitative estimate of drug-likeness (QED) is 0.578. The van der Waals surface area contributed by atoms with Gasteiger partial charge < -0.3 is 5.32 Å². The number of piperidine rings is 3. The van der Waals surface area contributed by atoms with Gasteiger partial charge in [-0.25, -0.2) is 0 Å². The molecule has 0 radical (unpaired) electrons. The van der Waals surface area contributed by atoms with E-state index >= 15 is 0 Å². The summed E-state index contributed by atoms with van der Waals surface area (Å²) in [5.41, 5.74) is 3.16. The first-order chi connectivity index (χ1) is 16.1. The predicted molar refractivity (Wildman–Crippen MR) is 128 cm³/mol. The highest BCUT2D eigenvalue weighted by Crippen LogP contribution is 2.37. The number of rotatable bonds is 8. The van der Waals surface area contributed by atoms with Gasteiger partial charge in [0.1, 0.15) is 0 Å². The lowest BCUT2D eigenvalue weighted by Crippen LogP contribution is -2.57. The van der Waals surface area contributed by atoms with E-state index in [2.05, 4.69) is 62.9 Å². The molecule has 3 aliphatic heterocycles. The number of nitrogens with zero attached hydrogens (tertiary/aromatic N) is 5. The monoisotopic (exact) mass is 444 g/mol. The van der Waals surface area contributed by atoms with Crippen molar-refractivity contribution in [3.63, 3.8) is 0 Å². The lowest BCUT2D eigenvalue weighted by Gasteiger charge is -2.49. The molecular formula is C26H32N6O. The van der Waals surface area contributed by atoms with Crippen molar-refractivity contribution in [1.82, 2.24) is 24.8 Å². The minimum absolute atomic E-state index is 0.0631. The second-order valence-electron chi connectivity index (χ2n) is 9.48. The molecule has 33 heavy (non-hydrogen) atoms. The van der Waals surface area contributed by atoms with E-state index in [0.717, 1.165) is 56.9 Å². The lowest BCUT2D eigenvalue weighted by atomic mass is 9.75. The second kappa shape index (κ2) is 9.85. The zero-order chi connectivity index (χ0) is 22.6. The number of hydrogen-bond donors (Lipinski definition) is 1. The summed E-state index contributed by atoms with van der Waals surface area (Å²) >= 11 is 0. The average Bonchev–Trinajstić information content (AvgIpc) is 3.27. The van der Waals surface area contributed by atoms with Crippen LogP contribution in [0.1, 0.15) is 24.1 Å². The molecule has 7 nitrogen and oxygen atoms in total. The maximum Gasteiger partial charge on any atom is 0.229 e. The molecule has 172 valence electrons. The second-order valence-corrected chi connectivity index (χ2v) is 9.48. The number of anilines is 1. The molecule has 0 spiro atoms. The Morgan fingerprint density at radius 1 is 1.09 bits per heavy atom. The normalized spacial score (nSPS) is 24.2. The van der Waals surface area contributed by atoms with Crippen LogP contribution in [0.25, 0.3) is 0 Å². The summed E-state index contributed by atoms with van der Waals surface area (Å²) in [5, 5.41) is 11.9. The van der Waals surface area contributed by atoms with Crippen molar-refractivity contribution in [2.24, 2.45) is 11.8 Å². The molecule has 2 bridgehead atoms. The van der Waals surface area contributed by atoms with Crippen LogP contribution in [-0.4, -0.2) is 56.9 Å².